The summed E-state index contributed by atoms with van der Waals surface area (Å²) >= 11 is 6.18. The summed E-state index contributed by atoms with van der Waals surface area (Å²) < 4.78 is 0. The summed E-state index contributed by atoms with van der Waals surface area (Å²) in [6.07, 6.45) is 4.74. The van der Waals surface area contributed by atoms with E-state index in [-0.39, 0.29) is 10.6 Å². The Morgan fingerprint density at radius 2 is 2.05 bits per heavy atom. The number of nitro groups is 1. The van der Waals surface area contributed by atoms with Gasteiger partial charge in [-0.2, -0.15) is 0 Å². The number of nitrogens with one attached hydrogen (secondary N) is 1. The normalized spacial score (nSPS) is 28.0. The molecular weight excluding hydrogens is 290 g/mol. The lowest BCUT2D eigenvalue weighted by Crippen LogP contribution is -2.46. The predicted molar refractivity (Wildman–Crippen MR) is 82.5 cm³/mol. The number of piperidine rings is 1. The van der Waals surface area contributed by atoms with E-state index in [0.717, 1.165) is 12.8 Å². The summed E-state index contributed by atoms with van der Waals surface area (Å²) in [6.45, 7) is 0.528. The molecule has 0 spiro atoms. The van der Waals surface area contributed by atoms with Crippen LogP contribution in [0.2, 0.25) is 5.02 Å². The van der Waals surface area contributed by atoms with E-state index in [1.54, 1.807) is 12.1 Å². The first-order valence-electron chi connectivity index (χ1n) is 7.42. The van der Waals surface area contributed by atoms with Crippen LogP contribution in [0, 0.1) is 10.1 Å². The van der Waals surface area contributed by atoms with Crippen LogP contribution in [-0.4, -0.2) is 35.0 Å². The molecule has 2 aliphatic heterocycles. The van der Waals surface area contributed by atoms with Gasteiger partial charge < -0.3 is 5.32 Å². The second-order valence-corrected chi connectivity index (χ2v) is 6.58. The molecule has 0 amide bonds. The predicted octanol–water partition coefficient (Wildman–Crippen LogP) is 2.96. The van der Waals surface area contributed by atoms with Gasteiger partial charge in [0.25, 0.3) is 5.69 Å². The lowest BCUT2D eigenvalue weighted by Gasteiger charge is -2.35. The SMILES string of the molecule is CN(Cc1c(Cl)cccc1[N+](=O)[O-])C1CC2CCC(C1)N2. The van der Waals surface area contributed by atoms with Crippen molar-refractivity contribution >= 4 is 17.3 Å². The lowest BCUT2D eigenvalue weighted by molar-refractivity contribution is -0.385. The molecule has 2 atom stereocenters. The summed E-state index contributed by atoms with van der Waals surface area (Å²) in [5.74, 6) is 0. The van der Waals surface area contributed by atoms with E-state index >= 15 is 0 Å². The van der Waals surface area contributed by atoms with Crippen molar-refractivity contribution in [3.05, 3.63) is 38.9 Å². The van der Waals surface area contributed by atoms with Gasteiger partial charge in [0.1, 0.15) is 0 Å². The largest absolute Gasteiger partial charge is 0.311 e. The molecule has 3 rings (SSSR count). The third-order valence-electron chi connectivity index (χ3n) is 4.77. The highest BCUT2D eigenvalue weighted by atomic mass is 35.5. The third kappa shape index (κ3) is 3.05. The maximum Gasteiger partial charge on any atom is 0.275 e. The maximum absolute atomic E-state index is 11.2. The number of nitrogens with zero attached hydrogens (tertiary/aromatic N) is 2. The zero-order valence-electron chi connectivity index (χ0n) is 12.1. The Labute approximate surface area is 129 Å². The molecule has 6 heteroatoms. The number of benzene rings is 1. The molecule has 2 aliphatic rings. The van der Waals surface area contributed by atoms with Crippen LogP contribution >= 0.6 is 11.6 Å². The lowest BCUT2D eigenvalue weighted by atomic mass is 9.98. The number of rotatable bonds is 4. The summed E-state index contributed by atoms with van der Waals surface area (Å²) in [6, 6.07) is 6.58. The molecule has 2 unspecified atom stereocenters. The smallest absolute Gasteiger partial charge is 0.275 e. The van der Waals surface area contributed by atoms with Gasteiger partial charge in [0, 0.05) is 30.7 Å². The Morgan fingerprint density at radius 3 is 2.67 bits per heavy atom. The number of hydrogen-bond donors (Lipinski definition) is 1. The molecule has 1 aromatic carbocycles. The van der Waals surface area contributed by atoms with Crippen LogP contribution < -0.4 is 5.32 Å². The van der Waals surface area contributed by atoms with Crippen molar-refractivity contribution in [1.29, 1.82) is 0 Å². The number of fused-ring (bicyclic) bond motifs is 2. The van der Waals surface area contributed by atoms with Gasteiger partial charge in [-0.1, -0.05) is 17.7 Å². The Kier molecular flexibility index (Phi) is 4.15. The van der Waals surface area contributed by atoms with Gasteiger partial charge in [-0.25, -0.2) is 0 Å². The first kappa shape index (κ1) is 14.8. The van der Waals surface area contributed by atoms with Crippen LogP contribution in [-0.2, 0) is 6.54 Å². The van der Waals surface area contributed by atoms with E-state index < -0.39 is 0 Å². The molecule has 0 aromatic heterocycles. The average molecular weight is 310 g/mol. The molecule has 0 saturated carbocycles. The van der Waals surface area contributed by atoms with Gasteiger partial charge in [-0.05, 0) is 38.8 Å². The van der Waals surface area contributed by atoms with Gasteiger partial charge >= 0.3 is 0 Å². The van der Waals surface area contributed by atoms with E-state index in [0.29, 0.717) is 35.3 Å². The first-order chi connectivity index (χ1) is 10.0. The fourth-order valence-electron chi connectivity index (χ4n) is 3.64. The average Bonchev–Trinajstić information content (AvgIpc) is 2.79. The van der Waals surface area contributed by atoms with Gasteiger partial charge in [-0.15, -0.1) is 0 Å². The monoisotopic (exact) mass is 309 g/mol. The van der Waals surface area contributed by atoms with Gasteiger partial charge in [0.15, 0.2) is 0 Å². The molecule has 2 fully saturated rings. The highest BCUT2D eigenvalue weighted by Crippen LogP contribution is 2.32. The molecule has 0 aliphatic carbocycles. The first-order valence-corrected chi connectivity index (χ1v) is 7.80. The molecule has 21 heavy (non-hydrogen) atoms. The summed E-state index contributed by atoms with van der Waals surface area (Å²) in [5, 5.41) is 15.3. The van der Waals surface area contributed by atoms with Crippen molar-refractivity contribution in [2.24, 2.45) is 0 Å². The number of hydrogen-bond acceptors (Lipinski definition) is 4. The minimum absolute atomic E-state index is 0.117. The van der Waals surface area contributed by atoms with Gasteiger partial charge in [-0.3, -0.25) is 15.0 Å². The van der Waals surface area contributed by atoms with Crippen LogP contribution in [0.3, 0.4) is 0 Å². The van der Waals surface area contributed by atoms with E-state index in [1.165, 1.54) is 18.9 Å². The standard InChI is InChI=1S/C15H20ClN3O2/c1-18(12-7-10-5-6-11(8-12)17-10)9-13-14(16)3-2-4-15(13)19(20)21/h2-4,10-12,17H,5-9H2,1H3. The Morgan fingerprint density at radius 1 is 1.38 bits per heavy atom. The van der Waals surface area contributed by atoms with Crippen LogP contribution in [0.1, 0.15) is 31.2 Å². The van der Waals surface area contributed by atoms with Crippen molar-refractivity contribution < 1.29 is 4.92 Å². The number of nitro benzene ring substituents is 1. The Bertz CT molecular complexity index is 540. The van der Waals surface area contributed by atoms with Crippen molar-refractivity contribution in [2.45, 2.75) is 50.4 Å². The van der Waals surface area contributed by atoms with E-state index in [9.17, 15) is 10.1 Å². The number of halogens is 1. The van der Waals surface area contributed by atoms with E-state index in [4.69, 9.17) is 11.6 Å². The van der Waals surface area contributed by atoms with Gasteiger partial charge in [0.05, 0.1) is 15.5 Å². The zero-order valence-corrected chi connectivity index (χ0v) is 12.8. The molecule has 2 bridgehead atoms. The molecule has 0 radical (unpaired) electrons. The minimum Gasteiger partial charge on any atom is -0.311 e. The molecule has 5 nitrogen and oxygen atoms in total. The molecule has 2 heterocycles. The summed E-state index contributed by atoms with van der Waals surface area (Å²) in [7, 11) is 2.04. The zero-order chi connectivity index (χ0) is 15.0. The van der Waals surface area contributed by atoms with Crippen molar-refractivity contribution in [2.75, 3.05) is 7.05 Å². The Hall–Kier alpha value is -1.17. The molecule has 1 N–H and O–H groups in total. The van der Waals surface area contributed by atoms with Gasteiger partial charge in [0.2, 0.25) is 0 Å². The van der Waals surface area contributed by atoms with Crippen molar-refractivity contribution in [3.63, 3.8) is 0 Å². The molecule has 1 aromatic rings. The second kappa shape index (κ2) is 5.91. The highest BCUT2D eigenvalue weighted by molar-refractivity contribution is 6.31. The highest BCUT2D eigenvalue weighted by Gasteiger charge is 2.35. The maximum atomic E-state index is 11.2. The fourth-order valence-corrected chi connectivity index (χ4v) is 3.87. The van der Waals surface area contributed by atoms with Crippen LogP contribution in [0.4, 0.5) is 5.69 Å². The molecular formula is C15H20ClN3O2. The topological polar surface area (TPSA) is 58.4 Å². The van der Waals surface area contributed by atoms with Crippen molar-refractivity contribution in [1.82, 2.24) is 10.2 Å². The van der Waals surface area contributed by atoms with Crippen molar-refractivity contribution in [3.8, 4) is 0 Å². The fraction of sp³-hybridized carbons (Fsp3) is 0.600. The van der Waals surface area contributed by atoms with E-state index in [1.807, 2.05) is 7.05 Å². The van der Waals surface area contributed by atoms with Crippen LogP contribution in [0.5, 0.6) is 0 Å². The quantitative estimate of drug-likeness (QED) is 0.686. The third-order valence-corrected chi connectivity index (χ3v) is 5.12. The summed E-state index contributed by atoms with van der Waals surface area (Å²) in [5.41, 5.74) is 0.740. The summed E-state index contributed by atoms with van der Waals surface area (Å²) in [4.78, 5) is 13.0. The van der Waals surface area contributed by atoms with Crippen LogP contribution in [0.15, 0.2) is 18.2 Å². The minimum atomic E-state index is -0.346. The molecule has 114 valence electrons. The molecule has 2 saturated heterocycles. The van der Waals surface area contributed by atoms with Crippen LogP contribution in [0.25, 0.3) is 0 Å². The van der Waals surface area contributed by atoms with E-state index in [2.05, 4.69) is 10.2 Å². The Balaban J connectivity index is 1.76. The second-order valence-electron chi connectivity index (χ2n) is 6.17.